The molecule has 1 saturated carbocycles. The number of carbonyl (C=O) groups is 2. The molecule has 1 heterocycles. The van der Waals surface area contributed by atoms with E-state index in [1.165, 1.54) is 0 Å². The molecule has 12 heavy (non-hydrogen) atoms. The third-order valence-electron chi connectivity index (χ3n) is 3.31. The van der Waals surface area contributed by atoms with Crippen LogP contribution in [0.5, 0.6) is 0 Å². The minimum Gasteiger partial charge on any atom is -0.296 e. The molecule has 3 aliphatic rings. The molecule has 2 amide bonds. The predicted molar refractivity (Wildman–Crippen MR) is 40.9 cm³/mol. The number of carbonyl (C=O) groups excluding carboxylic acids is 2. The minimum absolute atomic E-state index is 0.0347. The highest BCUT2D eigenvalue weighted by Gasteiger charge is 2.55. The van der Waals surface area contributed by atoms with E-state index in [4.69, 9.17) is 0 Å². The van der Waals surface area contributed by atoms with Gasteiger partial charge in [0.25, 0.3) is 0 Å². The smallest absolute Gasteiger partial charge is 0.231 e. The molecule has 3 rings (SSSR count). The Labute approximate surface area is 69.8 Å². The fraction of sp³-hybridized carbons (Fsp3) is 0.556. The Kier molecular flexibility index (Phi) is 0.953. The van der Waals surface area contributed by atoms with Crippen LogP contribution in [0, 0.1) is 23.7 Å². The van der Waals surface area contributed by atoms with Crippen LogP contribution in [0.4, 0.5) is 0 Å². The first-order valence-corrected chi connectivity index (χ1v) is 4.30. The first-order valence-electron chi connectivity index (χ1n) is 4.30. The lowest BCUT2D eigenvalue weighted by molar-refractivity contribution is -0.126. The summed E-state index contributed by atoms with van der Waals surface area (Å²) in [7, 11) is 0. The van der Waals surface area contributed by atoms with Gasteiger partial charge in [-0.3, -0.25) is 14.9 Å². The van der Waals surface area contributed by atoms with E-state index < -0.39 is 0 Å². The Morgan fingerprint density at radius 1 is 1.08 bits per heavy atom. The van der Waals surface area contributed by atoms with Gasteiger partial charge in [-0.1, -0.05) is 12.2 Å². The summed E-state index contributed by atoms with van der Waals surface area (Å²) in [6, 6.07) is 0. The molecule has 3 nitrogen and oxygen atoms in total. The van der Waals surface area contributed by atoms with Crippen LogP contribution in [0.15, 0.2) is 12.2 Å². The van der Waals surface area contributed by atoms with E-state index >= 15 is 0 Å². The van der Waals surface area contributed by atoms with E-state index in [1.54, 1.807) is 0 Å². The van der Waals surface area contributed by atoms with Gasteiger partial charge in [-0.25, -0.2) is 0 Å². The standard InChI is InChI=1S/C9H9NO2/c11-8-6-4-1-2-5(3-4)7(6)9(12)10-8/h1-2,4-7H,3H2,(H,10,11,12)/t4-,5+,6-,7-/m1/s1. The van der Waals surface area contributed by atoms with Crippen LogP contribution in [0.3, 0.4) is 0 Å². The van der Waals surface area contributed by atoms with Crippen molar-refractivity contribution >= 4 is 11.8 Å². The summed E-state index contributed by atoms with van der Waals surface area (Å²) >= 11 is 0. The third-order valence-corrected chi connectivity index (χ3v) is 3.31. The van der Waals surface area contributed by atoms with Crippen molar-refractivity contribution in [2.45, 2.75) is 6.42 Å². The molecule has 0 aromatic heterocycles. The number of hydrogen-bond donors (Lipinski definition) is 1. The Morgan fingerprint density at radius 2 is 1.58 bits per heavy atom. The second-order valence-corrected chi connectivity index (χ2v) is 3.85. The van der Waals surface area contributed by atoms with Gasteiger partial charge in [0.05, 0.1) is 11.8 Å². The van der Waals surface area contributed by atoms with Crippen molar-refractivity contribution in [1.29, 1.82) is 0 Å². The van der Waals surface area contributed by atoms with E-state index in [0.717, 1.165) is 6.42 Å². The third kappa shape index (κ3) is 0.543. The van der Waals surface area contributed by atoms with Crippen molar-refractivity contribution in [3.63, 3.8) is 0 Å². The van der Waals surface area contributed by atoms with Crippen molar-refractivity contribution in [3.8, 4) is 0 Å². The largest absolute Gasteiger partial charge is 0.296 e. The lowest BCUT2D eigenvalue weighted by Crippen LogP contribution is -2.25. The van der Waals surface area contributed by atoms with E-state index in [0.29, 0.717) is 11.8 Å². The summed E-state index contributed by atoms with van der Waals surface area (Å²) < 4.78 is 0. The highest BCUT2D eigenvalue weighted by atomic mass is 16.2. The molecule has 1 aliphatic heterocycles. The Bertz CT molecular complexity index is 280. The van der Waals surface area contributed by atoms with Gasteiger partial charge in [0.2, 0.25) is 11.8 Å². The maximum atomic E-state index is 11.3. The highest BCUT2D eigenvalue weighted by Crippen LogP contribution is 2.50. The minimum atomic E-state index is -0.0538. The average Bonchev–Trinajstić information content (AvgIpc) is 2.64. The topological polar surface area (TPSA) is 46.2 Å². The maximum absolute atomic E-state index is 11.3. The van der Waals surface area contributed by atoms with E-state index in [9.17, 15) is 9.59 Å². The van der Waals surface area contributed by atoms with Gasteiger partial charge in [-0.05, 0) is 18.3 Å². The molecule has 0 unspecified atom stereocenters. The zero-order valence-electron chi connectivity index (χ0n) is 6.49. The van der Waals surface area contributed by atoms with Crippen LogP contribution >= 0.6 is 0 Å². The lowest BCUT2D eigenvalue weighted by Gasteiger charge is -2.14. The van der Waals surface area contributed by atoms with Crippen molar-refractivity contribution in [1.82, 2.24) is 5.32 Å². The molecule has 3 heteroatoms. The first kappa shape index (κ1) is 6.40. The SMILES string of the molecule is O=C1NC(=O)[C@H]2[C@H]1[C@@H]1C=C[C@H]2C1. The number of fused-ring (bicyclic) bond motifs is 5. The van der Waals surface area contributed by atoms with Crippen molar-refractivity contribution in [2.24, 2.45) is 23.7 Å². The molecule has 62 valence electrons. The molecular weight excluding hydrogens is 154 g/mol. The number of amides is 2. The number of rotatable bonds is 0. The van der Waals surface area contributed by atoms with E-state index in [-0.39, 0.29) is 23.7 Å². The monoisotopic (exact) mass is 163 g/mol. The number of imide groups is 1. The van der Waals surface area contributed by atoms with Gasteiger partial charge in [-0.2, -0.15) is 0 Å². The van der Waals surface area contributed by atoms with E-state index in [2.05, 4.69) is 17.5 Å². The fourth-order valence-electron chi connectivity index (χ4n) is 2.83. The Balaban J connectivity index is 2.08. The maximum Gasteiger partial charge on any atom is 0.231 e. The normalized spacial score (nSPS) is 48.3. The summed E-state index contributed by atoms with van der Waals surface area (Å²) in [6.45, 7) is 0. The molecule has 0 aromatic carbocycles. The molecule has 2 fully saturated rings. The summed E-state index contributed by atoms with van der Waals surface area (Å²) in [4.78, 5) is 22.6. The molecule has 2 bridgehead atoms. The Hall–Kier alpha value is -1.12. The summed E-state index contributed by atoms with van der Waals surface area (Å²) in [5, 5.41) is 2.40. The fourth-order valence-corrected chi connectivity index (χ4v) is 2.83. The summed E-state index contributed by atoms with van der Waals surface area (Å²) in [6.07, 6.45) is 5.18. The molecule has 1 N–H and O–H groups in total. The zero-order valence-corrected chi connectivity index (χ0v) is 6.49. The van der Waals surface area contributed by atoms with Crippen LogP contribution in [0.25, 0.3) is 0 Å². The van der Waals surface area contributed by atoms with Gasteiger partial charge in [0, 0.05) is 0 Å². The van der Waals surface area contributed by atoms with Gasteiger partial charge in [-0.15, -0.1) is 0 Å². The Morgan fingerprint density at radius 3 is 2.08 bits per heavy atom. The van der Waals surface area contributed by atoms with Crippen molar-refractivity contribution < 1.29 is 9.59 Å². The van der Waals surface area contributed by atoms with Crippen LogP contribution in [0.1, 0.15) is 6.42 Å². The molecule has 1 saturated heterocycles. The van der Waals surface area contributed by atoms with Crippen LogP contribution in [0.2, 0.25) is 0 Å². The predicted octanol–water partition coefficient (Wildman–Crippen LogP) is 0.0811. The molecule has 0 aromatic rings. The highest BCUT2D eigenvalue weighted by molar-refractivity contribution is 6.06. The van der Waals surface area contributed by atoms with Gasteiger partial charge in [0.15, 0.2) is 0 Å². The summed E-state index contributed by atoms with van der Waals surface area (Å²) in [5.41, 5.74) is 0. The molecule has 0 radical (unpaired) electrons. The van der Waals surface area contributed by atoms with Gasteiger partial charge < -0.3 is 0 Å². The first-order chi connectivity index (χ1) is 5.77. The molecule has 4 atom stereocenters. The van der Waals surface area contributed by atoms with Crippen LogP contribution in [-0.4, -0.2) is 11.8 Å². The van der Waals surface area contributed by atoms with Crippen molar-refractivity contribution in [3.05, 3.63) is 12.2 Å². The quantitative estimate of drug-likeness (QED) is 0.406. The van der Waals surface area contributed by atoms with Crippen LogP contribution in [-0.2, 0) is 9.59 Å². The zero-order chi connectivity index (χ0) is 8.29. The van der Waals surface area contributed by atoms with Crippen molar-refractivity contribution in [2.75, 3.05) is 0 Å². The second-order valence-electron chi connectivity index (χ2n) is 3.85. The molecule has 0 spiro atoms. The van der Waals surface area contributed by atoms with Gasteiger partial charge >= 0.3 is 0 Å². The average molecular weight is 163 g/mol. The number of hydrogen-bond acceptors (Lipinski definition) is 2. The molecule has 2 aliphatic carbocycles. The summed E-state index contributed by atoms with van der Waals surface area (Å²) in [5.74, 6) is 0.501. The second kappa shape index (κ2) is 1.79. The molecular formula is C9H9NO2. The van der Waals surface area contributed by atoms with E-state index in [1.807, 2.05) is 0 Å². The number of allylic oxidation sites excluding steroid dienone is 2. The number of nitrogens with one attached hydrogen (secondary N) is 1. The van der Waals surface area contributed by atoms with Crippen LogP contribution < -0.4 is 5.32 Å². The van der Waals surface area contributed by atoms with Gasteiger partial charge in [0.1, 0.15) is 0 Å². The lowest BCUT2D eigenvalue weighted by atomic mass is 9.85.